The molecule has 3 aromatic carbocycles. The molecule has 7 heteroatoms. The maximum Gasteiger partial charge on any atom is 0.338 e. The van der Waals surface area contributed by atoms with Crippen LogP contribution in [-0.4, -0.2) is 34.0 Å². The average molecular weight is 439 g/mol. The van der Waals surface area contributed by atoms with E-state index in [1.165, 1.54) is 0 Å². The molecule has 164 valence electrons. The normalized spacial score (nSPS) is 10.4. The second kappa shape index (κ2) is 10.2. The number of anilines is 1. The molecule has 4 aromatic rings. The van der Waals surface area contributed by atoms with Gasteiger partial charge < -0.3 is 10.1 Å². The molecule has 0 radical (unpaired) electrons. The Morgan fingerprint density at radius 1 is 0.788 bits per heavy atom. The molecule has 1 N–H and O–H groups in total. The Balaban J connectivity index is 1.28. The van der Waals surface area contributed by atoms with E-state index in [2.05, 4.69) is 10.4 Å². The summed E-state index contributed by atoms with van der Waals surface area (Å²) in [7, 11) is 0. The quantitative estimate of drug-likeness (QED) is 0.328. The minimum atomic E-state index is -0.569. The molecule has 1 amide bonds. The van der Waals surface area contributed by atoms with Crippen LogP contribution in [0.3, 0.4) is 0 Å². The first-order chi connectivity index (χ1) is 16.1. The van der Waals surface area contributed by atoms with E-state index in [-0.39, 0.29) is 18.3 Å². The van der Waals surface area contributed by atoms with E-state index in [1.54, 1.807) is 71.5 Å². The van der Waals surface area contributed by atoms with Gasteiger partial charge in [0.2, 0.25) is 0 Å². The molecule has 0 aliphatic rings. The highest BCUT2D eigenvalue weighted by Gasteiger charge is 2.13. The van der Waals surface area contributed by atoms with Crippen LogP contribution < -0.4 is 5.32 Å². The Hall–Kier alpha value is -4.52. The van der Waals surface area contributed by atoms with Crippen LogP contribution in [0.4, 0.5) is 5.69 Å². The lowest BCUT2D eigenvalue weighted by atomic mass is 10.1. The zero-order valence-corrected chi connectivity index (χ0v) is 17.7. The number of benzene rings is 3. The third-order valence-electron chi connectivity index (χ3n) is 4.93. The van der Waals surface area contributed by atoms with Gasteiger partial charge in [-0.2, -0.15) is 5.10 Å². The lowest BCUT2D eigenvalue weighted by Gasteiger charge is -2.08. The number of hydrogen-bond acceptors (Lipinski definition) is 5. The summed E-state index contributed by atoms with van der Waals surface area (Å²) in [5.41, 5.74) is 2.85. The summed E-state index contributed by atoms with van der Waals surface area (Å²) in [4.78, 5) is 36.9. The molecule has 33 heavy (non-hydrogen) atoms. The number of nitrogens with one attached hydrogen (secondary N) is 1. The van der Waals surface area contributed by atoms with Crippen LogP contribution in [0.2, 0.25) is 0 Å². The van der Waals surface area contributed by atoms with Crippen molar-refractivity contribution in [2.75, 3.05) is 11.9 Å². The third kappa shape index (κ3) is 5.80. The van der Waals surface area contributed by atoms with Crippen molar-refractivity contribution in [2.45, 2.75) is 6.54 Å². The van der Waals surface area contributed by atoms with Crippen LogP contribution in [0.15, 0.2) is 97.3 Å². The SMILES string of the molecule is O=C(COC(=O)c1ccc(Cn2cccn2)cc1)c1ccc(NC(=O)c2ccccc2)cc1. The Labute approximate surface area is 190 Å². The minimum absolute atomic E-state index is 0.237. The number of aromatic nitrogens is 2. The topological polar surface area (TPSA) is 90.3 Å². The maximum absolute atomic E-state index is 12.4. The minimum Gasteiger partial charge on any atom is -0.454 e. The summed E-state index contributed by atoms with van der Waals surface area (Å²) < 4.78 is 6.95. The Bertz CT molecular complexity index is 1230. The predicted molar refractivity (Wildman–Crippen MR) is 123 cm³/mol. The number of Topliss-reactive ketones (excluding diaryl/α,β-unsaturated/α-hetero) is 1. The lowest BCUT2D eigenvalue weighted by Crippen LogP contribution is -2.15. The molecule has 0 aliphatic carbocycles. The highest BCUT2D eigenvalue weighted by molar-refractivity contribution is 6.05. The van der Waals surface area contributed by atoms with Crippen LogP contribution in [0, 0.1) is 0 Å². The number of esters is 1. The van der Waals surface area contributed by atoms with Crippen molar-refractivity contribution in [2.24, 2.45) is 0 Å². The molecule has 0 aliphatic heterocycles. The summed E-state index contributed by atoms with van der Waals surface area (Å²) >= 11 is 0. The smallest absolute Gasteiger partial charge is 0.338 e. The van der Waals surface area contributed by atoms with Gasteiger partial charge in [0.1, 0.15) is 0 Å². The second-order valence-corrected chi connectivity index (χ2v) is 7.30. The molecule has 0 unspecified atom stereocenters. The first kappa shape index (κ1) is 21.7. The highest BCUT2D eigenvalue weighted by Crippen LogP contribution is 2.13. The average Bonchev–Trinajstić information content (AvgIpc) is 3.37. The van der Waals surface area contributed by atoms with Crippen molar-refractivity contribution in [3.8, 4) is 0 Å². The predicted octanol–water partition coefficient (Wildman–Crippen LogP) is 4.22. The summed E-state index contributed by atoms with van der Waals surface area (Å²) in [6, 6.07) is 24.1. The van der Waals surface area contributed by atoms with Crippen LogP contribution in [0.1, 0.15) is 36.6 Å². The lowest BCUT2D eigenvalue weighted by molar-refractivity contribution is 0.0474. The summed E-state index contributed by atoms with van der Waals surface area (Å²) in [6.07, 6.45) is 3.56. The van der Waals surface area contributed by atoms with Gasteiger partial charge in [-0.15, -0.1) is 0 Å². The van der Waals surface area contributed by atoms with Crippen molar-refractivity contribution < 1.29 is 19.1 Å². The summed E-state index contributed by atoms with van der Waals surface area (Å²) in [6.45, 7) is 0.228. The van der Waals surface area contributed by atoms with Crippen molar-refractivity contribution in [3.05, 3.63) is 120 Å². The second-order valence-electron chi connectivity index (χ2n) is 7.30. The number of nitrogens with zero attached hydrogens (tertiary/aromatic N) is 2. The molecule has 1 aromatic heterocycles. The summed E-state index contributed by atoms with van der Waals surface area (Å²) in [5, 5.41) is 6.92. The molecular formula is C26H21N3O4. The Morgan fingerprint density at radius 3 is 2.15 bits per heavy atom. The van der Waals surface area contributed by atoms with E-state index in [9.17, 15) is 14.4 Å². The number of ketones is 1. The molecule has 0 saturated heterocycles. The molecule has 0 atom stereocenters. The van der Waals surface area contributed by atoms with E-state index in [4.69, 9.17) is 4.74 Å². The van der Waals surface area contributed by atoms with Gasteiger partial charge in [-0.25, -0.2) is 4.79 Å². The van der Waals surface area contributed by atoms with E-state index in [0.717, 1.165) is 5.56 Å². The van der Waals surface area contributed by atoms with Gasteiger partial charge in [0, 0.05) is 29.2 Å². The molecule has 0 saturated carbocycles. The van der Waals surface area contributed by atoms with Gasteiger partial charge >= 0.3 is 5.97 Å². The van der Waals surface area contributed by atoms with Crippen molar-refractivity contribution in [3.63, 3.8) is 0 Å². The van der Waals surface area contributed by atoms with Crippen molar-refractivity contribution in [1.29, 1.82) is 0 Å². The number of carbonyl (C=O) groups is 3. The monoisotopic (exact) mass is 439 g/mol. The van der Waals surface area contributed by atoms with Crippen LogP contribution in [0.25, 0.3) is 0 Å². The van der Waals surface area contributed by atoms with Crippen molar-refractivity contribution in [1.82, 2.24) is 9.78 Å². The molecular weight excluding hydrogens is 418 g/mol. The van der Waals surface area contributed by atoms with Crippen LogP contribution in [-0.2, 0) is 11.3 Å². The van der Waals surface area contributed by atoms with Gasteiger partial charge in [-0.1, -0.05) is 30.3 Å². The fourth-order valence-corrected chi connectivity index (χ4v) is 3.16. The van der Waals surface area contributed by atoms with Gasteiger partial charge in [0.15, 0.2) is 12.4 Å². The maximum atomic E-state index is 12.4. The Kier molecular flexibility index (Phi) is 6.70. The van der Waals surface area contributed by atoms with Gasteiger partial charge in [0.25, 0.3) is 5.91 Å². The number of amides is 1. The largest absolute Gasteiger partial charge is 0.454 e. The molecule has 1 heterocycles. The zero-order valence-electron chi connectivity index (χ0n) is 17.7. The molecule has 0 fully saturated rings. The highest BCUT2D eigenvalue weighted by atomic mass is 16.5. The van der Waals surface area contributed by atoms with E-state index in [1.807, 2.05) is 30.5 Å². The Morgan fingerprint density at radius 2 is 1.48 bits per heavy atom. The number of carbonyl (C=O) groups excluding carboxylic acids is 3. The molecule has 0 bridgehead atoms. The standard InChI is InChI=1S/C26H21N3O4/c30-24(20-11-13-23(14-12-20)28-25(31)21-5-2-1-3-6-21)18-33-26(32)22-9-7-19(8-10-22)17-29-16-4-15-27-29/h1-16H,17-18H2,(H,28,31). The third-order valence-corrected chi connectivity index (χ3v) is 4.93. The molecule has 0 spiro atoms. The van der Waals surface area contributed by atoms with Crippen molar-refractivity contribution >= 4 is 23.3 Å². The van der Waals surface area contributed by atoms with Gasteiger partial charge in [-0.3, -0.25) is 14.3 Å². The number of ether oxygens (including phenoxy) is 1. The van der Waals surface area contributed by atoms with Gasteiger partial charge in [0.05, 0.1) is 12.1 Å². The van der Waals surface area contributed by atoms with E-state index in [0.29, 0.717) is 28.9 Å². The van der Waals surface area contributed by atoms with Gasteiger partial charge in [-0.05, 0) is 60.2 Å². The fraction of sp³-hybridized carbons (Fsp3) is 0.0769. The fourth-order valence-electron chi connectivity index (χ4n) is 3.16. The molecule has 4 rings (SSSR count). The first-order valence-electron chi connectivity index (χ1n) is 10.3. The van der Waals surface area contributed by atoms with Crippen LogP contribution >= 0.6 is 0 Å². The zero-order chi connectivity index (χ0) is 23.0. The first-order valence-corrected chi connectivity index (χ1v) is 10.3. The van der Waals surface area contributed by atoms with Crippen LogP contribution in [0.5, 0.6) is 0 Å². The van der Waals surface area contributed by atoms with E-state index >= 15 is 0 Å². The summed E-state index contributed by atoms with van der Waals surface area (Å²) in [5.74, 6) is -1.14. The van der Waals surface area contributed by atoms with E-state index < -0.39 is 5.97 Å². The molecule has 7 nitrogen and oxygen atoms in total. The number of hydrogen-bond donors (Lipinski definition) is 1. The number of rotatable bonds is 8.